The number of aromatic carboxylic acids is 1. The molecule has 1 N–H and O–H groups in total. The molecule has 110 valence electrons. The fourth-order valence-electron chi connectivity index (χ4n) is 2.20. The summed E-state index contributed by atoms with van der Waals surface area (Å²) in [5.74, 6) is -1.16. The Bertz CT molecular complexity index is 702. The quantitative estimate of drug-likeness (QED) is 0.937. The predicted octanol–water partition coefficient (Wildman–Crippen LogP) is 2.01. The fourth-order valence-corrected chi connectivity index (χ4v) is 2.20. The number of anilines is 1. The molecule has 0 aliphatic heterocycles. The van der Waals surface area contributed by atoms with Crippen LogP contribution in [0.4, 0.5) is 5.69 Å². The van der Waals surface area contributed by atoms with Crippen molar-refractivity contribution >= 4 is 17.6 Å². The van der Waals surface area contributed by atoms with E-state index in [4.69, 9.17) is 5.11 Å². The van der Waals surface area contributed by atoms with Crippen LogP contribution >= 0.6 is 0 Å². The smallest absolute Gasteiger partial charge is 0.335 e. The van der Waals surface area contributed by atoms with E-state index in [2.05, 4.69) is 5.10 Å². The van der Waals surface area contributed by atoms with Gasteiger partial charge in [0.1, 0.15) is 0 Å². The lowest BCUT2D eigenvalue weighted by molar-refractivity contribution is 0.0696. The zero-order valence-electron chi connectivity index (χ0n) is 12.4. The van der Waals surface area contributed by atoms with Crippen LogP contribution in [0.1, 0.15) is 32.1 Å². The molecule has 0 saturated carbocycles. The molecular formula is C15H17N3O3. The second kappa shape index (κ2) is 5.40. The first-order valence-electron chi connectivity index (χ1n) is 6.44. The van der Waals surface area contributed by atoms with Gasteiger partial charge in [0.15, 0.2) is 0 Å². The zero-order chi connectivity index (χ0) is 15.7. The van der Waals surface area contributed by atoms with Gasteiger partial charge in [-0.2, -0.15) is 5.10 Å². The predicted molar refractivity (Wildman–Crippen MR) is 78.8 cm³/mol. The molecule has 0 fully saturated rings. The summed E-state index contributed by atoms with van der Waals surface area (Å²) in [4.78, 5) is 24.9. The Morgan fingerprint density at radius 2 is 1.76 bits per heavy atom. The highest BCUT2D eigenvalue weighted by Crippen LogP contribution is 2.20. The molecule has 1 aromatic heterocycles. The Kier molecular flexibility index (Phi) is 3.80. The highest BCUT2D eigenvalue weighted by atomic mass is 16.4. The van der Waals surface area contributed by atoms with E-state index < -0.39 is 5.97 Å². The van der Waals surface area contributed by atoms with Crippen molar-refractivity contribution in [2.75, 3.05) is 11.9 Å². The minimum atomic E-state index is -0.991. The van der Waals surface area contributed by atoms with Crippen LogP contribution in [0.25, 0.3) is 0 Å². The fraction of sp³-hybridized carbons (Fsp3) is 0.267. The third kappa shape index (κ3) is 2.65. The molecule has 21 heavy (non-hydrogen) atoms. The van der Waals surface area contributed by atoms with Gasteiger partial charge in [-0.1, -0.05) is 0 Å². The first-order chi connectivity index (χ1) is 9.82. The molecule has 0 radical (unpaired) electrons. The molecule has 0 aliphatic carbocycles. The summed E-state index contributed by atoms with van der Waals surface area (Å²) in [6.07, 6.45) is 0. The van der Waals surface area contributed by atoms with Gasteiger partial charge in [-0.15, -0.1) is 0 Å². The Balaban J connectivity index is 2.33. The first-order valence-corrected chi connectivity index (χ1v) is 6.44. The highest BCUT2D eigenvalue weighted by molar-refractivity contribution is 6.07. The average Bonchev–Trinajstić information content (AvgIpc) is 2.70. The standard InChI is InChI=1S/C15H17N3O3/c1-9-13(10(2)18(4)16-9)14(19)17(3)12-7-5-11(6-8-12)15(20)21/h5-8H,1-4H3,(H,20,21). The summed E-state index contributed by atoms with van der Waals surface area (Å²) in [5.41, 5.74) is 2.86. The molecule has 0 spiro atoms. The largest absolute Gasteiger partial charge is 0.478 e. The number of hydrogen-bond acceptors (Lipinski definition) is 3. The van der Waals surface area contributed by atoms with Gasteiger partial charge in [0, 0.05) is 25.5 Å². The molecular weight excluding hydrogens is 270 g/mol. The maximum Gasteiger partial charge on any atom is 0.335 e. The van der Waals surface area contributed by atoms with E-state index in [0.29, 0.717) is 16.9 Å². The monoisotopic (exact) mass is 287 g/mol. The number of nitrogens with zero attached hydrogens (tertiary/aromatic N) is 3. The number of rotatable bonds is 3. The lowest BCUT2D eigenvalue weighted by atomic mass is 10.1. The number of aromatic nitrogens is 2. The summed E-state index contributed by atoms with van der Waals surface area (Å²) in [5, 5.41) is 13.1. The van der Waals surface area contributed by atoms with E-state index in [0.717, 1.165) is 5.69 Å². The van der Waals surface area contributed by atoms with Crippen molar-refractivity contribution in [2.24, 2.45) is 7.05 Å². The normalized spacial score (nSPS) is 10.5. The van der Waals surface area contributed by atoms with Crippen molar-refractivity contribution in [3.63, 3.8) is 0 Å². The number of hydrogen-bond donors (Lipinski definition) is 1. The van der Waals surface area contributed by atoms with Crippen molar-refractivity contribution in [2.45, 2.75) is 13.8 Å². The molecule has 0 saturated heterocycles. The number of amides is 1. The van der Waals surface area contributed by atoms with Crippen LogP contribution in [-0.4, -0.2) is 33.8 Å². The summed E-state index contributed by atoms with van der Waals surface area (Å²) < 4.78 is 1.67. The minimum absolute atomic E-state index is 0.166. The topological polar surface area (TPSA) is 75.4 Å². The minimum Gasteiger partial charge on any atom is -0.478 e. The van der Waals surface area contributed by atoms with Crippen molar-refractivity contribution in [1.82, 2.24) is 9.78 Å². The van der Waals surface area contributed by atoms with E-state index in [9.17, 15) is 9.59 Å². The van der Waals surface area contributed by atoms with Crippen molar-refractivity contribution in [3.8, 4) is 0 Å². The van der Waals surface area contributed by atoms with Gasteiger partial charge in [-0.25, -0.2) is 4.79 Å². The van der Waals surface area contributed by atoms with Gasteiger partial charge in [-0.05, 0) is 38.1 Å². The number of carbonyl (C=O) groups excluding carboxylic acids is 1. The Morgan fingerprint density at radius 3 is 2.19 bits per heavy atom. The van der Waals surface area contributed by atoms with E-state index in [1.165, 1.54) is 17.0 Å². The second-order valence-corrected chi connectivity index (χ2v) is 4.89. The van der Waals surface area contributed by atoms with E-state index in [1.807, 2.05) is 6.92 Å². The molecule has 2 rings (SSSR count). The van der Waals surface area contributed by atoms with Gasteiger partial charge in [-0.3, -0.25) is 9.48 Å². The summed E-state index contributed by atoms with van der Waals surface area (Å²) >= 11 is 0. The van der Waals surface area contributed by atoms with Crippen molar-refractivity contribution < 1.29 is 14.7 Å². The Labute approximate surface area is 122 Å². The molecule has 0 bridgehead atoms. The maximum atomic E-state index is 12.6. The van der Waals surface area contributed by atoms with Gasteiger partial charge >= 0.3 is 5.97 Å². The third-order valence-electron chi connectivity index (χ3n) is 3.53. The van der Waals surface area contributed by atoms with E-state index in [-0.39, 0.29) is 11.5 Å². The Hall–Kier alpha value is -2.63. The van der Waals surface area contributed by atoms with Crippen LogP contribution in [0.5, 0.6) is 0 Å². The van der Waals surface area contributed by atoms with Gasteiger partial charge < -0.3 is 10.0 Å². The molecule has 1 amide bonds. The SMILES string of the molecule is Cc1nn(C)c(C)c1C(=O)N(C)c1ccc(C(=O)O)cc1. The molecule has 0 unspecified atom stereocenters. The van der Waals surface area contributed by atoms with E-state index in [1.54, 1.807) is 37.8 Å². The van der Waals surface area contributed by atoms with Crippen molar-refractivity contribution in [3.05, 3.63) is 46.8 Å². The number of carboxylic acid groups (broad SMARTS) is 1. The maximum absolute atomic E-state index is 12.6. The molecule has 6 nitrogen and oxygen atoms in total. The van der Waals surface area contributed by atoms with Crippen LogP contribution in [-0.2, 0) is 7.05 Å². The van der Waals surface area contributed by atoms with Gasteiger partial charge in [0.25, 0.3) is 5.91 Å². The molecule has 2 aromatic rings. The summed E-state index contributed by atoms with van der Waals surface area (Å²) in [6.45, 7) is 3.64. The second-order valence-electron chi connectivity index (χ2n) is 4.89. The zero-order valence-corrected chi connectivity index (χ0v) is 12.4. The number of carboxylic acids is 1. The van der Waals surface area contributed by atoms with Crippen LogP contribution in [0, 0.1) is 13.8 Å². The summed E-state index contributed by atoms with van der Waals surface area (Å²) in [6, 6.07) is 6.18. The molecule has 6 heteroatoms. The van der Waals surface area contributed by atoms with Gasteiger partial charge in [0.05, 0.1) is 16.8 Å². The number of carbonyl (C=O) groups is 2. The first kappa shape index (κ1) is 14.8. The number of benzene rings is 1. The molecule has 0 aliphatic rings. The highest BCUT2D eigenvalue weighted by Gasteiger charge is 2.21. The third-order valence-corrected chi connectivity index (χ3v) is 3.53. The molecule has 1 aromatic carbocycles. The lowest BCUT2D eigenvalue weighted by Crippen LogP contribution is -2.27. The Morgan fingerprint density at radius 1 is 1.19 bits per heavy atom. The van der Waals surface area contributed by atoms with Crippen LogP contribution in [0.3, 0.4) is 0 Å². The van der Waals surface area contributed by atoms with Gasteiger partial charge in [0.2, 0.25) is 0 Å². The van der Waals surface area contributed by atoms with Crippen LogP contribution in [0.15, 0.2) is 24.3 Å². The lowest BCUT2D eigenvalue weighted by Gasteiger charge is -2.17. The van der Waals surface area contributed by atoms with Crippen LogP contribution < -0.4 is 4.90 Å². The molecule has 1 heterocycles. The molecule has 0 atom stereocenters. The van der Waals surface area contributed by atoms with Crippen LogP contribution in [0.2, 0.25) is 0 Å². The van der Waals surface area contributed by atoms with E-state index >= 15 is 0 Å². The number of aryl methyl sites for hydroxylation is 2. The average molecular weight is 287 g/mol. The summed E-state index contributed by atoms with van der Waals surface area (Å²) in [7, 11) is 3.45. The van der Waals surface area contributed by atoms with Crippen molar-refractivity contribution in [1.29, 1.82) is 0 Å².